The Morgan fingerprint density at radius 3 is 2.56 bits per heavy atom. The summed E-state index contributed by atoms with van der Waals surface area (Å²) in [6.45, 7) is 3.80. The molecule has 2 aliphatic rings. The van der Waals surface area contributed by atoms with Gasteiger partial charge in [0.1, 0.15) is 29.4 Å². The van der Waals surface area contributed by atoms with Crippen molar-refractivity contribution in [2.45, 2.75) is 63.6 Å². The molecule has 2 aromatic rings. The molecule has 4 rings (SSSR count). The monoisotopic (exact) mass is 471 g/mol. The number of aromatic amines is 1. The maximum atomic E-state index is 14.0. The molecular weight excluding hydrogens is 444 g/mol. The molecular formula is C24H27F2N5O3. The highest BCUT2D eigenvalue weighted by molar-refractivity contribution is 6.00. The molecule has 3 unspecified atom stereocenters. The van der Waals surface area contributed by atoms with Crippen LogP contribution < -0.4 is 16.0 Å². The van der Waals surface area contributed by atoms with Gasteiger partial charge in [0.15, 0.2) is 0 Å². The molecule has 8 nitrogen and oxygen atoms in total. The largest absolute Gasteiger partial charge is 0.351 e. The molecule has 3 amide bonds. The van der Waals surface area contributed by atoms with Gasteiger partial charge in [-0.1, -0.05) is 12.8 Å². The van der Waals surface area contributed by atoms with Crippen LogP contribution in [0.5, 0.6) is 0 Å². The summed E-state index contributed by atoms with van der Waals surface area (Å²) in [5.41, 5.74) is -0.372. The van der Waals surface area contributed by atoms with E-state index >= 15 is 0 Å². The molecule has 2 fully saturated rings. The SMILES string of the molecule is CC1(C)CC(CC(C#N)NC(=O)C(CC2CC2)NC(=O)c2cc3cc(F)cc(F)c3[nH]2)C(=O)N1. The first kappa shape index (κ1) is 23.7. The minimum Gasteiger partial charge on any atom is -0.351 e. The topological polar surface area (TPSA) is 127 Å². The fourth-order valence-corrected chi connectivity index (χ4v) is 4.53. The molecule has 34 heavy (non-hydrogen) atoms. The van der Waals surface area contributed by atoms with Crippen molar-refractivity contribution >= 4 is 28.6 Å². The smallest absolute Gasteiger partial charge is 0.268 e. The van der Waals surface area contributed by atoms with E-state index < -0.39 is 41.5 Å². The average molecular weight is 472 g/mol. The van der Waals surface area contributed by atoms with E-state index in [1.54, 1.807) is 0 Å². The van der Waals surface area contributed by atoms with Gasteiger partial charge in [0.05, 0.1) is 11.6 Å². The maximum absolute atomic E-state index is 14.0. The number of nitrogens with zero attached hydrogens (tertiary/aromatic N) is 1. The van der Waals surface area contributed by atoms with Crippen LogP contribution in [0, 0.1) is 34.8 Å². The molecule has 10 heteroatoms. The molecule has 180 valence electrons. The number of halogens is 2. The Balaban J connectivity index is 1.44. The second kappa shape index (κ2) is 9.05. The summed E-state index contributed by atoms with van der Waals surface area (Å²) < 4.78 is 27.5. The minimum absolute atomic E-state index is 0.00273. The number of rotatable bonds is 8. The zero-order valence-electron chi connectivity index (χ0n) is 19.0. The van der Waals surface area contributed by atoms with E-state index in [1.807, 2.05) is 19.9 Å². The standard InChI is InChI=1S/C24H27F2N5O3/c1-24(2)10-14(21(32)31-24)7-16(11-27)28-22(33)18(5-12-3-4-12)30-23(34)19-8-13-6-15(25)9-17(26)20(13)29-19/h6,8-9,12,14,16,18,29H,3-5,7,10H2,1-2H3,(H,28,33)(H,30,34)(H,31,32). The van der Waals surface area contributed by atoms with Gasteiger partial charge >= 0.3 is 0 Å². The van der Waals surface area contributed by atoms with Crippen molar-refractivity contribution in [3.8, 4) is 6.07 Å². The van der Waals surface area contributed by atoms with Crippen LogP contribution in [0.15, 0.2) is 18.2 Å². The zero-order chi connectivity index (χ0) is 24.6. The Bertz CT molecular complexity index is 1180. The predicted octanol–water partition coefficient (Wildman–Crippen LogP) is 2.66. The molecule has 1 saturated heterocycles. The van der Waals surface area contributed by atoms with Gasteiger partial charge in [-0.15, -0.1) is 0 Å². The van der Waals surface area contributed by atoms with Crippen molar-refractivity contribution in [2.24, 2.45) is 11.8 Å². The summed E-state index contributed by atoms with van der Waals surface area (Å²) in [7, 11) is 0. The van der Waals surface area contributed by atoms with Crippen LogP contribution in [0.25, 0.3) is 10.9 Å². The van der Waals surface area contributed by atoms with Crippen LogP contribution in [0.3, 0.4) is 0 Å². The van der Waals surface area contributed by atoms with Crippen LogP contribution in [0.4, 0.5) is 8.78 Å². The summed E-state index contributed by atoms with van der Waals surface area (Å²) >= 11 is 0. The van der Waals surface area contributed by atoms with E-state index in [0.717, 1.165) is 25.0 Å². The Hall–Kier alpha value is -3.48. The zero-order valence-corrected chi connectivity index (χ0v) is 19.0. The van der Waals surface area contributed by atoms with Gasteiger partial charge in [-0.3, -0.25) is 14.4 Å². The lowest BCUT2D eigenvalue weighted by molar-refractivity contribution is -0.125. The minimum atomic E-state index is -0.905. The Morgan fingerprint density at radius 1 is 1.21 bits per heavy atom. The molecule has 1 saturated carbocycles. The number of fused-ring (bicyclic) bond motifs is 1. The first-order valence-corrected chi connectivity index (χ1v) is 11.4. The first-order chi connectivity index (χ1) is 16.0. The van der Waals surface area contributed by atoms with Gasteiger partial charge in [-0.2, -0.15) is 5.26 Å². The van der Waals surface area contributed by atoms with E-state index in [2.05, 4.69) is 20.9 Å². The quantitative estimate of drug-likeness (QED) is 0.472. The molecule has 0 radical (unpaired) electrons. The lowest BCUT2D eigenvalue weighted by Crippen LogP contribution is -2.50. The molecule has 3 atom stereocenters. The molecule has 0 bridgehead atoms. The van der Waals surface area contributed by atoms with Gasteiger partial charge in [-0.05, 0) is 51.2 Å². The van der Waals surface area contributed by atoms with E-state index in [0.29, 0.717) is 12.8 Å². The summed E-state index contributed by atoms with van der Waals surface area (Å²) in [6, 6.07) is 3.39. The number of benzene rings is 1. The van der Waals surface area contributed by atoms with Crippen molar-refractivity contribution < 1.29 is 23.2 Å². The van der Waals surface area contributed by atoms with Gasteiger partial charge < -0.3 is 20.9 Å². The number of H-pyrrole nitrogens is 1. The fourth-order valence-electron chi connectivity index (χ4n) is 4.53. The van der Waals surface area contributed by atoms with Crippen LogP contribution in [0.2, 0.25) is 0 Å². The molecule has 1 aromatic carbocycles. The third-order valence-corrected chi connectivity index (χ3v) is 6.36. The fraction of sp³-hybridized carbons (Fsp3) is 0.500. The number of aromatic nitrogens is 1. The Kier molecular flexibility index (Phi) is 6.30. The third kappa shape index (κ3) is 5.35. The predicted molar refractivity (Wildman–Crippen MR) is 119 cm³/mol. The van der Waals surface area contributed by atoms with E-state index in [4.69, 9.17) is 0 Å². The Morgan fingerprint density at radius 2 is 1.94 bits per heavy atom. The first-order valence-electron chi connectivity index (χ1n) is 11.4. The van der Waals surface area contributed by atoms with Crippen molar-refractivity contribution in [3.63, 3.8) is 0 Å². The summed E-state index contributed by atoms with van der Waals surface area (Å²) in [6.07, 6.45) is 3.01. The average Bonchev–Trinajstić information content (AvgIpc) is 3.39. The molecule has 2 heterocycles. The molecule has 4 N–H and O–H groups in total. The highest BCUT2D eigenvalue weighted by Crippen LogP contribution is 2.34. The number of carbonyl (C=O) groups is 3. The van der Waals surface area contributed by atoms with Crippen molar-refractivity contribution in [1.82, 2.24) is 20.9 Å². The highest BCUT2D eigenvalue weighted by atomic mass is 19.1. The van der Waals surface area contributed by atoms with E-state index in [1.165, 1.54) is 6.07 Å². The number of nitriles is 1. The maximum Gasteiger partial charge on any atom is 0.268 e. The van der Waals surface area contributed by atoms with Crippen molar-refractivity contribution in [2.75, 3.05) is 0 Å². The second-order valence-corrected chi connectivity index (χ2v) is 9.94. The molecule has 1 aliphatic heterocycles. The van der Waals surface area contributed by atoms with Gasteiger partial charge in [-0.25, -0.2) is 8.78 Å². The Labute approximate surface area is 195 Å². The summed E-state index contributed by atoms with van der Waals surface area (Å²) in [5.74, 6) is -2.99. The second-order valence-electron chi connectivity index (χ2n) is 9.94. The van der Waals surface area contributed by atoms with E-state index in [-0.39, 0.29) is 40.4 Å². The number of hydrogen-bond acceptors (Lipinski definition) is 4. The number of nitrogens with one attached hydrogen (secondary N) is 4. The molecule has 1 aliphatic carbocycles. The van der Waals surface area contributed by atoms with Crippen LogP contribution >= 0.6 is 0 Å². The lowest BCUT2D eigenvalue weighted by atomic mass is 9.92. The van der Waals surface area contributed by atoms with Crippen LogP contribution in [-0.4, -0.2) is 40.3 Å². The normalized spacial score (nSPS) is 20.9. The number of carbonyl (C=O) groups excluding carboxylic acids is 3. The van der Waals surface area contributed by atoms with Gasteiger partial charge in [0, 0.05) is 22.9 Å². The van der Waals surface area contributed by atoms with Crippen LogP contribution in [-0.2, 0) is 9.59 Å². The highest BCUT2D eigenvalue weighted by Gasteiger charge is 2.39. The van der Waals surface area contributed by atoms with E-state index in [9.17, 15) is 28.4 Å². The molecule has 1 aromatic heterocycles. The third-order valence-electron chi connectivity index (χ3n) is 6.36. The summed E-state index contributed by atoms with van der Waals surface area (Å²) in [4.78, 5) is 40.6. The van der Waals surface area contributed by atoms with Crippen molar-refractivity contribution in [3.05, 3.63) is 35.5 Å². The van der Waals surface area contributed by atoms with Crippen molar-refractivity contribution in [1.29, 1.82) is 5.26 Å². The van der Waals surface area contributed by atoms with Gasteiger partial charge in [0.25, 0.3) is 5.91 Å². The van der Waals surface area contributed by atoms with Crippen LogP contribution in [0.1, 0.15) is 56.4 Å². The van der Waals surface area contributed by atoms with Gasteiger partial charge in [0.2, 0.25) is 11.8 Å². The lowest BCUT2D eigenvalue weighted by Gasteiger charge is -2.21. The number of amides is 3. The number of hydrogen-bond donors (Lipinski definition) is 4. The molecule has 0 spiro atoms. The summed E-state index contributed by atoms with van der Waals surface area (Å²) in [5, 5.41) is 18.0.